The van der Waals surface area contributed by atoms with Crippen molar-refractivity contribution in [3.8, 4) is 0 Å². The molecule has 5 nitrogen and oxygen atoms in total. The second kappa shape index (κ2) is 5.90. The van der Waals surface area contributed by atoms with Crippen LogP contribution in [0, 0.1) is 5.92 Å². The van der Waals surface area contributed by atoms with Crippen LogP contribution in [0.4, 0.5) is 0 Å². The fourth-order valence-electron chi connectivity index (χ4n) is 3.69. The maximum Gasteiger partial charge on any atom is 0.303 e. The van der Waals surface area contributed by atoms with E-state index in [-0.39, 0.29) is 36.4 Å². The van der Waals surface area contributed by atoms with Crippen LogP contribution in [0.3, 0.4) is 0 Å². The highest BCUT2D eigenvalue weighted by Gasteiger charge is 2.44. The van der Waals surface area contributed by atoms with E-state index in [1.807, 2.05) is 11.8 Å². The first-order valence-corrected chi connectivity index (χ1v) is 7.32. The summed E-state index contributed by atoms with van der Waals surface area (Å²) in [5.41, 5.74) is 5.94. The largest absolute Gasteiger partial charge is 0.481 e. The minimum Gasteiger partial charge on any atom is -0.481 e. The molecule has 0 aromatic carbocycles. The molecule has 3 unspecified atom stereocenters. The molecule has 0 aromatic heterocycles. The molecule has 108 valence electrons. The van der Waals surface area contributed by atoms with Crippen LogP contribution in [0.15, 0.2) is 0 Å². The molecule has 0 aromatic rings. The second-order valence-electron chi connectivity index (χ2n) is 5.96. The first kappa shape index (κ1) is 14.3. The number of piperidine rings is 1. The Balaban J connectivity index is 1.99. The third kappa shape index (κ3) is 3.08. The van der Waals surface area contributed by atoms with Crippen molar-refractivity contribution in [2.24, 2.45) is 11.7 Å². The molecule has 2 heterocycles. The van der Waals surface area contributed by atoms with E-state index >= 15 is 0 Å². The number of hydrogen-bond donors (Lipinski definition) is 2. The van der Waals surface area contributed by atoms with E-state index in [2.05, 4.69) is 0 Å². The first-order chi connectivity index (χ1) is 9.02. The lowest BCUT2D eigenvalue weighted by Crippen LogP contribution is -2.52. The van der Waals surface area contributed by atoms with Gasteiger partial charge in [-0.1, -0.05) is 13.3 Å². The lowest BCUT2D eigenvalue weighted by Gasteiger charge is -2.39. The maximum atomic E-state index is 12.4. The summed E-state index contributed by atoms with van der Waals surface area (Å²) < 4.78 is 0. The number of nitrogens with two attached hydrogens (primary N) is 1. The van der Waals surface area contributed by atoms with E-state index in [1.165, 1.54) is 0 Å². The number of carbonyl (C=O) groups excluding carboxylic acids is 1. The Bertz CT molecular complexity index is 345. The Kier molecular flexibility index (Phi) is 4.45. The van der Waals surface area contributed by atoms with Gasteiger partial charge in [0.2, 0.25) is 5.91 Å². The Hall–Kier alpha value is -1.10. The van der Waals surface area contributed by atoms with Crippen molar-refractivity contribution in [3.05, 3.63) is 0 Å². The topological polar surface area (TPSA) is 83.6 Å². The molecule has 3 N–H and O–H groups in total. The summed E-state index contributed by atoms with van der Waals surface area (Å²) in [5, 5.41) is 8.89. The van der Waals surface area contributed by atoms with Gasteiger partial charge in [-0.15, -0.1) is 0 Å². The number of fused-ring (bicyclic) bond motifs is 2. The monoisotopic (exact) mass is 268 g/mol. The van der Waals surface area contributed by atoms with Crippen LogP contribution in [-0.2, 0) is 9.59 Å². The molecule has 0 spiro atoms. The van der Waals surface area contributed by atoms with Gasteiger partial charge in [0, 0.05) is 18.5 Å². The molecule has 2 bridgehead atoms. The zero-order valence-electron chi connectivity index (χ0n) is 11.5. The van der Waals surface area contributed by atoms with Crippen LogP contribution in [0.5, 0.6) is 0 Å². The number of nitrogens with zero attached hydrogens (tertiary/aromatic N) is 1. The van der Waals surface area contributed by atoms with Crippen molar-refractivity contribution in [1.29, 1.82) is 0 Å². The number of carboxylic acid groups (broad SMARTS) is 1. The van der Waals surface area contributed by atoms with Crippen LogP contribution in [0.2, 0.25) is 0 Å². The minimum absolute atomic E-state index is 0.0723. The lowest BCUT2D eigenvalue weighted by molar-refractivity contribution is -0.140. The SMILES string of the molecule is CCCC(N)C(=O)N1C2CCC1CC(CC(=O)O)C2. The molecule has 2 aliphatic heterocycles. The molecule has 0 aliphatic carbocycles. The maximum absolute atomic E-state index is 12.4. The van der Waals surface area contributed by atoms with Gasteiger partial charge in [0.25, 0.3) is 0 Å². The Morgan fingerprint density at radius 1 is 1.32 bits per heavy atom. The number of amides is 1. The van der Waals surface area contributed by atoms with Crippen LogP contribution >= 0.6 is 0 Å². The summed E-state index contributed by atoms with van der Waals surface area (Å²) in [6.07, 6.45) is 5.54. The third-order valence-corrected chi connectivity index (χ3v) is 4.47. The summed E-state index contributed by atoms with van der Waals surface area (Å²) >= 11 is 0. The van der Waals surface area contributed by atoms with Gasteiger partial charge in [0.05, 0.1) is 6.04 Å². The van der Waals surface area contributed by atoms with E-state index < -0.39 is 5.97 Å². The quantitative estimate of drug-likeness (QED) is 0.788. The summed E-state index contributed by atoms with van der Waals surface area (Å²) in [4.78, 5) is 25.1. The molecule has 0 saturated carbocycles. The molecule has 1 amide bonds. The molecular weight excluding hydrogens is 244 g/mol. The number of aliphatic carboxylic acids is 1. The molecule has 2 aliphatic rings. The highest BCUT2D eigenvalue weighted by molar-refractivity contribution is 5.82. The predicted molar refractivity (Wildman–Crippen MR) is 71.5 cm³/mol. The van der Waals surface area contributed by atoms with Crippen molar-refractivity contribution < 1.29 is 14.7 Å². The van der Waals surface area contributed by atoms with Crippen LogP contribution in [0.25, 0.3) is 0 Å². The lowest BCUT2D eigenvalue weighted by atomic mass is 9.87. The number of rotatable bonds is 5. The van der Waals surface area contributed by atoms with Crippen molar-refractivity contribution in [2.45, 2.75) is 70.0 Å². The van der Waals surface area contributed by atoms with Gasteiger partial charge in [-0.25, -0.2) is 0 Å². The normalized spacial score (nSPS) is 31.3. The molecule has 2 rings (SSSR count). The number of hydrogen-bond acceptors (Lipinski definition) is 3. The van der Waals surface area contributed by atoms with Crippen molar-refractivity contribution in [3.63, 3.8) is 0 Å². The first-order valence-electron chi connectivity index (χ1n) is 7.32. The smallest absolute Gasteiger partial charge is 0.303 e. The minimum atomic E-state index is -0.730. The van der Waals surface area contributed by atoms with E-state index in [0.29, 0.717) is 0 Å². The Labute approximate surface area is 114 Å². The van der Waals surface area contributed by atoms with Gasteiger partial charge in [-0.05, 0) is 38.0 Å². The van der Waals surface area contributed by atoms with E-state index in [9.17, 15) is 9.59 Å². The Morgan fingerprint density at radius 3 is 2.37 bits per heavy atom. The molecule has 3 atom stereocenters. The van der Waals surface area contributed by atoms with Crippen LogP contribution in [0.1, 0.15) is 51.9 Å². The Morgan fingerprint density at radius 2 is 1.89 bits per heavy atom. The molecule has 0 radical (unpaired) electrons. The van der Waals surface area contributed by atoms with Gasteiger partial charge >= 0.3 is 5.97 Å². The van der Waals surface area contributed by atoms with Gasteiger partial charge in [0.15, 0.2) is 0 Å². The highest BCUT2D eigenvalue weighted by atomic mass is 16.4. The van der Waals surface area contributed by atoms with Crippen molar-refractivity contribution in [1.82, 2.24) is 4.90 Å². The molecule has 2 fully saturated rings. The summed E-state index contributed by atoms with van der Waals surface area (Å²) in [7, 11) is 0. The van der Waals surface area contributed by atoms with Gasteiger partial charge in [-0.2, -0.15) is 0 Å². The summed E-state index contributed by atoms with van der Waals surface area (Å²) in [5.74, 6) is -0.434. The zero-order chi connectivity index (χ0) is 14.0. The summed E-state index contributed by atoms with van der Waals surface area (Å²) in [6.45, 7) is 2.03. The summed E-state index contributed by atoms with van der Waals surface area (Å²) in [6, 6.07) is 0.0566. The standard InChI is InChI=1S/C14H24N2O3/c1-2-3-12(15)14(19)16-10-4-5-11(16)7-9(6-10)8-13(17)18/h9-12H,2-8,15H2,1H3,(H,17,18). The molecule has 2 saturated heterocycles. The number of carbonyl (C=O) groups is 2. The second-order valence-corrected chi connectivity index (χ2v) is 5.96. The van der Waals surface area contributed by atoms with Crippen molar-refractivity contribution >= 4 is 11.9 Å². The van der Waals surface area contributed by atoms with Crippen LogP contribution in [-0.4, -0.2) is 40.0 Å². The van der Waals surface area contributed by atoms with Gasteiger partial charge in [-0.3, -0.25) is 9.59 Å². The van der Waals surface area contributed by atoms with Gasteiger partial charge in [0.1, 0.15) is 0 Å². The predicted octanol–water partition coefficient (Wildman–Crippen LogP) is 1.36. The van der Waals surface area contributed by atoms with E-state index in [1.54, 1.807) is 0 Å². The average molecular weight is 268 g/mol. The highest BCUT2D eigenvalue weighted by Crippen LogP contribution is 2.40. The fourth-order valence-corrected chi connectivity index (χ4v) is 3.69. The van der Waals surface area contributed by atoms with Gasteiger partial charge < -0.3 is 15.7 Å². The van der Waals surface area contributed by atoms with E-state index in [0.717, 1.165) is 38.5 Å². The molecule has 19 heavy (non-hydrogen) atoms. The molecular formula is C14H24N2O3. The van der Waals surface area contributed by atoms with Crippen LogP contribution < -0.4 is 5.73 Å². The fraction of sp³-hybridized carbons (Fsp3) is 0.857. The average Bonchev–Trinajstić information content (AvgIpc) is 2.59. The zero-order valence-corrected chi connectivity index (χ0v) is 11.5. The molecule has 5 heteroatoms. The number of carboxylic acids is 1. The van der Waals surface area contributed by atoms with E-state index in [4.69, 9.17) is 10.8 Å². The third-order valence-electron chi connectivity index (χ3n) is 4.47. The van der Waals surface area contributed by atoms with Crippen molar-refractivity contribution in [2.75, 3.05) is 0 Å².